The number of halogens is 1. The summed E-state index contributed by atoms with van der Waals surface area (Å²) < 4.78 is 8.33. The maximum absolute atomic E-state index is 5.81. The van der Waals surface area contributed by atoms with Crippen molar-refractivity contribution in [1.82, 2.24) is 9.78 Å². The summed E-state index contributed by atoms with van der Waals surface area (Å²) in [5.74, 6) is 0.827. The van der Waals surface area contributed by atoms with Crippen LogP contribution < -0.4 is 10.5 Å². The Morgan fingerprint density at radius 1 is 1.39 bits per heavy atom. The molecule has 2 N–H and O–H groups in total. The highest BCUT2D eigenvalue weighted by molar-refractivity contribution is 9.10. The third kappa shape index (κ3) is 2.36. The van der Waals surface area contributed by atoms with E-state index in [2.05, 4.69) is 21.0 Å². The largest absolute Gasteiger partial charge is 0.496 e. The van der Waals surface area contributed by atoms with Crippen LogP contribution in [-0.2, 0) is 6.54 Å². The minimum atomic E-state index is 0.645. The molecule has 0 unspecified atom stereocenters. The van der Waals surface area contributed by atoms with Crippen LogP contribution in [0.4, 0.5) is 5.69 Å². The Bertz CT molecular complexity index is 578. The number of nitrogens with zero attached hydrogens (tertiary/aromatic N) is 2. The monoisotopic (exact) mass is 309 g/mol. The van der Waals surface area contributed by atoms with Crippen molar-refractivity contribution in [2.24, 2.45) is 0 Å². The van der Waals surface area contributed by atoms with Crippen LogP contribution in [0.3, 0.4) is 0 Å². The van der Waals surface area contributed by atoms with Crippen LogP contribution in [0.25, 0.3) is 0 Å². The van der Waals surface area contributed by atoms with Crippen molar-refractivity contribution in [2.45, 2.75) is 20.4 Å². The smallest absolute Gasteiger partial charge is 0.124 e. The molecule has 0 fully saturated rings. The van der Waals surface area contributed by atoms with Gasteiger partial charge in [-0.15, -0.1) is 0 Å². The fraction of sp³-hybridized carbons (Fsp3) is 0.308. The average molecular weight is 310 g/mol. The Labute approximate surface area is 115 Å². The van der Waals surface area contributed by atoms with Crippen molar-refractivity contribution >= 4 is 21.6 Å². The first-order valence-corrected chi connectivity index (χ1v) is 6.44. The molecule has 0 aliphatic heterocycles. The molecule has 2 aromatic rings. The second kappa shape index (κ2) is 5.02. The summed E-state index contributed by atoms with van der Waals surface area (Å²) in [6.45, 7) is 4.65. The summed E-state index contributed by atoms with van der Waals surface area (Å²) >= 11 is 3.52. The van der Waals surface area contributed by atoms with Gasteiger partial charge in [0.1, 0.15) is 5.75 Å². The summed E-state index contributed by atoms with van der Waals surface area (Å²) in [7, 11) is 1.66. The number of nitrogens with two attached hydrogens (primary N) is 1. The van der Waals surface area contributed by atoms with Crippen molar-refractivity contribution in [1.29, 1.82) is 0 Å². The Hall–Kier alpha value is -1.49. The van der Waals surface area contributed by atoms with Crippen LogP contribution in [0.15, 0.2) is 22.7 Å². The summed E-state index contributed by atoms with van der Waals surface area (Å²) in [6.07, 6.45) is 0. The maximum Gasteiger partial charge on any atom is 0.124 e. The minimum Gasteiger partial charge on any atom is -0.496 e. The molecule has 1 heterocycles. The number of methoxy groups -OCH3 is 1. The van der Waals surface area contributed by atoms with Crippen LogP contribution in [0, 0.1) is 13.8 Å². The number of aromatic nitrogens is 2. The molecule has 0 saturated heterocycles. The second-order valence-corrected chi connectivity index (χ2v) is 5.01. The summed E-state index contributed by atoms with van der Waals surface area (Å²) in [5, 5.41) is 4.48. The number of hydrogen-bond donors (Lipinski definition) is 1. The van der Waals surface area contributed by atoms with Gasteiger partial charge in [-0.25, -0.2) is 0 Å². The van der Waals surface area contributed by atoms with Crippen LogP contribution in [0.5, 0.6) is 5.75 Å². The van der Waals surface area contributed by atoms with Crippen molar-refractivity contribution in [3.05, 3.63) is 39.6 Å². The zero-order valence-corrected chi connectivity index (χ0v) is 12.3. The zero-order chi connectivity index (χ0) is 13.3. The van der Waals surface area contributed by atoms with Crippen LogP contribution >= 0.6 is 15.9 Å². The molecule has 5 heteroatoms. The van der Waals surface area contributed by atoms with Gasteiger partial charge in [0, 0.05) is 11.3 Å². The van der Waals surface area contributed by atoms with E-state index in [4.69, 9.17) is 10.5 Å². The van der Waals surface area contributed by atoms with Gasteiger partial charge in [0.25, 0.3) is 0 Å². The van der Waals surface area contributed by atoms with Crippen LogP contribution in [-0.4, -0.2) is 16.9 Å². The molecule has 0 saturated carbocycles. The maximum atomic E-state index is 5.81. The topological polar surface area (TPSA) is 53.1 Å². The number of nitrogen functional groups attached to an aromatic ring is 1. The third-order valence-electron chi connectivity index (χ3n) is 2.92. The van der Waals surface area contributed by atoms with Crippen LogP contribution in [0.1, 0.15) is 17.0 Å². The highest BCUT2D eigenvalue weighted by Crippen LogP contribution is 2.25. The number of rotatable bonds is 3. The molecule has 0 aliphatic carbocycles. The number of aryl methyl sites for hydroxylation is 1. The molecule has 0 amide bonds. The summed E-state index contributed by atoms with van der Waals surface area (Å²) in [6, 6.07) is 5.63. The normalized spacial score (nSPS) is 10.7. The SMILES string of the molecule is COc1ccc(N)cc1Cn1nc(C)c(Br)c1C. The standard InChI is InChI=1S/C13H16BrN3O/c1-8-13(14)9(2)17(16-8)7-10-6-11(15)4-5-12(10)18-3/h4-6H,7,15H2,1-3H3. The molecule has 0 aliphatic rings. The van der Waals surface area contributed by atoms with Gasteiger partial charge < -0.3 is 10.5 Å². The number of ether oxygens (including phenoxy) is 1. The average Bonchev–Trinajstić information content (AvgIpc) is 2.57. The highest BCUT2D eigenvalue weighted by Gasteiger charge is 2.11. The van der Waals surface area contributed by atoms with Gasteiger partial charge in [-0.1, -0.05) is 0 Å². The Morgan fingerprint density at radius 2 is 2.11 bits per heavy atom. The second-order valence-electron chi connectivity index (χ2n) is 4.21. The first-order valence-electron chi connectivity index (χ1n) is 5.65. The number of hydrogen-bond acceptors (Lipinski definition) is 3. The fourth-order valence-electron chi connectivity index (χ4n) is 1.91. The first kappa shape index (κ1) is 13.0. The first-order chi connectivity index (χ1) is 8.52. The van der Waals surface area contributed by atoms with E-state index >= 15 is 0 Å². The predicted molar refractivity (Wildman–Crippen MR) is 75.9 cm³/mol. The molecule has 1 aromatic carbocycles. The Balaban J connectivity index is 2.39. The molecule has 0 bridgehead atoms. The van der Waals surface area contributed by atoms with Gasteiger partial charge in [0.15, 0.2) is 0 Å². The van der Waals surface area contributed by atoms with E-state index in [1.54, 1.807) is 7.11 Å². The van der Waals surface area contributed by atoms with Crippen molar-refractivity contribution < 1.29 is 4.74 Å². The van der Waals surface area contributed by atoms with Crippen molar-refractivity contribution in [3.63, 3.8) is 0 Å². The number of anilines is 1. The van der Waals surface area contributed by atoms with Gasteiger partial charge in [0.2, 0.25) is 0 Å². The lowest BCUT2D eigenvalue weighted by Crippen LogP contribution is -2.06. The number of benzene rings is 1. The Kier molecular flexibility index (Phi) is 3.61. The van der Waals surface area contributed by atoms with E-state index < -0.39 is 0 Å². The zero-order valence-electron chi connectivity index (χ0n) is 10.7. The summed E-state index contributed by atoms with van der Waals surface area (Å²) in [5.41, 5.74) is 9.64. The lowest BCUT2D eigenvalue weighted by molar-refractivity contribution is 0.407. The van der Waals surface area contributed by atoms with Crippen molar-refractivity contribution in [3.8, 4) is 5.75 Å². The van der Waals surface area contributed by atoms with Gasteiger partial charge >= 0.3 is 0 Å². The summed E-state index contributed by atoms with van der Waals surface area (Å²) in [4.78, 5) is 0. The predicted octanol–water partition coefficient (Wildman–Crippen LogP) is 2.90. The van der Waals surface area contributed by atoms with Gasteiger partial charge in [-0.05, 0) is 48.0 Å². The van der Waals surface area contributed by atoms with Gasteiger partial charge in [-0.2, -0.15) is 5.10 Å². The van der Waals surface area contributed by atoms with E-state index in [0.717, 1.165) is 32.9 Å². The fourth-order valence-corrected chi connectivity index (χ4v) is 2.20. The molecular formula is C13H16BrN3O. The van der Waals surface area contributed by atoms with Crippen LogP contribution in [0.2, 0.25) is 0 Å². The molecule has 0 spiro atoms. The molecule has 18 heavy (non-hydrogen) atoms. The molecule has 96 valence electrons. The molecule has 1 aromatic heterocycles. The van der Waals surface area contributed by atoms with E-state index in [1.807, 2.05) is 36.7 Å². The lowest BCUT2D eigenvalue weighted by atomic mass is 10.1. The van der Waals surface area contributed by atoms with Gasteiger partial charge in [0.05, 0.1) is 29.5 Å². The third-order valence-corrected chi connectivity index (χ3v) is 4.07. The van der Waals surface area contributed by atoms with Crippen molar-refractivity contribution in [2.75, 3.05) is 12.8 Å². The minimum absolute atomic E-state index is 0.645. The van der Waals surface area contributed by atoms with E-state index in [1.165, 1.54) is 0 Å². The quantitative estimate of drug-likeness (QED) is 0.887. The molecule has 0 atom stereocenters. The highest BCUT2D eigenvalue weighted by atomic mass is 79.9. The molecular weight excluding hydrogens is 294 g/mol. The Morgan fingerprint density at radius 3 is 2.67 bits per heavy atom. The molecule has 4 nitrogen and oxygen atoms in total. The van der Waals surface area contributed by atoms with E-state index in [9.17, 15) is 0 Å². The van der Waals surface area contributed by atoms with E-state index in [-0.39, 0.29) is 0 Å². The lowest BCUT2D eigenvalue weighted by Gasteiger charge is -2.10. The van der Waals surface area contributed by atoms with E-state index in [0.29, 0.717) is 6.54 Å². The van der Waals surface area contributed by atoms with Gasteiger partial charge in [-0.3, -0.25) is 4.68 Å². The molecule has 0 radical (unpaired) electrons. The molecule has 2 rings (SSSR count).